The van der Waals surface area contributed by atoms with Gasteiger partial charge in [0.25, 0.3) is 0 Å². The Balaban J connectivity index is 2.01. The average molecular weight is 329 g/mol. The number of rotatable bonds is 2. The smallest absolute Gasteiger partial charge is 0.378 e. The first-order valence-corrected chi connectivity index (χ1v) is 6.99. The number of aliphatic imine (C=N–C) groups is 2. The molecular formula is C14H18F3N5O. The minimum Gasteiger partial charge on any atom is -0.378 e. The van der Waals surface area contributed by atoms with Gasteiger partial charge in [0, 0.05) is 13.1 Å². The van der Waals surface area contributed by atoms with E-state index in [1.165, 1.54) is 6.07 Å². The van der Waals surface area contributed by atoms with Crippen molar-refractivity contribution in [2.75, 3.05) is 26.3 Å². The molecule has 126 valence electrons. The monoisotopic (exact) mass is 329 g/mol. The fourth-order valence-electron chi connectivity index (χ4n) is 2.03. The summed E-state index contributed by atoms with van der Waals surface area (Å²) in [5.41, 5.74) is 11.1. The van der Waals surface area contributed by atoms with Gasteiger partial charge in [0.15, 0.2) is 5.96 Å². The van der Waals surface area contributed by atoms with Gasteiger partial charge < -0.3 is 21.1 Å². The first-order valence-electron chi connectivity index (χ1n) is 6.99. The first-order chi connectivity index (χ1) is 10.9. The van der Waals surface area contributed by atoms with E-state index in [1.807, 2.05) is 0 Å². The van der Waals surface area contributed by atoms with E-state index in [1.54, 1.807) is 11.0 Å². The Bertz CT molecular complexity index is 594. The second-order valence-electron chi connectivity index (χ2n) is 4.94. The van der Waals surface area contributed by atoms with Gasteiger partial charge in [-0.25, -0.2) is 4.99 Å². The highest BCUT2D eigenvalue weighted by atomic mass is 19.4. The lowest BCUT2D eigenvalue weighted by Gasteiger charge is -2.27. The maximum Gasteiger partial charge on any atom is 0.416 e. The molecule has 0 aliphatic carbocycles. The molecule has 0 unspecified atom stereocenters. The average Bonchev–Trinajstić information content (AvgIpc) is 2.53. The van der Waals surface area contributed by atoms with Crippen LogP contribution in [0.3, 0.4) is 0 Å². The third-order valence-corrected chi connectivity index (χ3v) is 3.24. The first kappa shape index (κ1) is 17.1. The Kier molecular flexibility index (Phi) is 5.43. The van der Waals surface area contributed by atoms with Crippen LogP contribution >= 0.6 is 0 Å². The predicted molar refractivity (Wildman–Crippen MR) is 80.8 cm³/mol. The van der Waals surface area contributed by atoms with E-state index in [9.17, 15) is 13.2 Å². The normalized spacial score (nSPS) is 17.4. The molecule has 1 aliphatic rings. The van der Waals surface area contributed by atoms with Crippen LogP contribution in [0, 0.1) is 0 Å². The van der Waals surface area contributed by atoms with Crippen molar-refractivity contribution >= 4 is 11.9 Å². The lowest BCUT2D eigenvalue weighted by Crippen LogP contribution is -2.45. The van der Waals surface area contributed by atoms with Crippen molar-refractivity contribution in [2.24, 2.45) is 21.5 Å². The van der Waals surface area contributed by atoms with Crippen LogP contribution in [0.2, 0.25) is 0 Å². The summed E-state index contributed by atoms with van der Waals surface area (Å²) in [4.78, 5) is 9.71. The molecule has 23 heavy (non-hydrogen) atoms. The van der Waals surface area contributed by atoms with Crippen molar-refractivity contribution in [3.05, 3.63) is 35.4 Å². The Labute approximate surface area is 131 Å². The van der Waals surface area contributed by atoms with Crippen LogP contribution in [0.25, 0.3) is 0 Å². The van der Waals surface area contributed by atoms with Crippen molar-refractivity contribution in [3.63, 3.8) is 0 Å². The molecule has 4 N–H and O–H groups in total. The van der Waals surface area contributed by atoms with Crippen molar-refractivity contribution in [1.29, 1.82) is 0 Å². The maximum absolute atomic E-state index is 12.6. The summed E-state index contributed by atoms with van der Waals surface area (Å²) >= 11 is 0. The van der Waals surface area contributed by atoms with E-state index >= 15 is 0 Å². The summed E-state index contributed by atoms with van der Waals surface area (Å²) < 4.78 is 43.1. The number of benzene rings is 1. The Morgan fingerprint density at radius 2 is 1.91 bits per heavy atom. The van der Waals surface area contributed by atoms with Crippen LogP contribution < -0.4 is 11.5 Å². The molecule has 0 spiro atoms. The van der Waals surface area contributed by atoms with Gasteiger partial charge >= 0.3 is 6.18 Å². The molecule has 0 amide bonds. The minimum absolute atomic E-state index is 0.00432. The number of nitrogens with zero attached hydrogens (tertiary/aromatic N) is 3. The van der Waals surface area contributed by atoms with Gasteiger partial charge in [-0.3, -0.25) is 0 Å². The molecule has 1 aromatic carbocycles. The Morgan fingerprint density at radius 3 is 2.57 bits per heavy atom. The highest BCUT2D eigenvalue weighted by Crippen LogP contribution is 2.29. The zero-order valence-electron chi connectivity index (χ0n) is 12.4. The van der Waals surface area contributed by atoms with Crippen LogP contribution in [0.5, 0.6) is 0 Å². The molecule has 6 nitrogen and oxygen atoms in total. The van der Waals surface area contributed by atoms with E-state index in [4.69, 9.17) is 16.2 Å². The summed E-state index contributed by atoms with van der Waals surface area (Å²) in [6.07, 6.45) is -4.38. The summed E-state index contributed by atoms with van der Waals surface area (Å²) in [7, 11) is 0. The van der Waals surface area contributed by atoms with E-state index in [2.05, 4.69) is 9.98 Å². The van der Waals surface area contributed by atoms with Crippen LogP contribution in [0.4, 0.5) is 13.2 Å². The molecule has 2 rings (SSSR count). The number of hydrogen-bond acceptors (Lipinski definition) is 2. The predicted octanol–water partition coefficient (Wildman–Crippen LogP) is 1.17. The van der Waals surface area contributed by atoms with E-state index in [0.29, 0.717) is 31.9 Å². The number of nitrogens with two attached hydrogens (primary N) is 2. The van der Waals surface area contributed by atoms with Crippen LogP contribution in [-0.2, 0) is 17.5 Å². The summed E-state index contributed by atoms with van der Waals surface area (Å²) in [6, 6.07) is 4.91. The van der Waals surface area contributed by atoms with Crippen molar-refractivity contribution < 1.29 is 17.9 Å². The number of alkyl halides is 3. The second kappa shape index (κ2) is 7.32. The number of morpholine rings is 1. The van der Waals surface area contributed by atoms with Crippen LogP contribution in [0.15, 0.2) is 34.3 Å². The van der Waals surface area contributed by atoms with Gasteiger partial charge in [-0.2, -0.15) is 18.2 Å². The fourth-order valence-corrected chi connectivity index (χ4v) is 2.03. The molecule has 1 aromatic rings. The van der Waals surface area contributed by atoms with Gasteiger partial charge in [0.2, 0.25) is 5.96 Å². The molecule has 1 saturated heterocycles. The van der Waals surface area contributed by atoms with E-state index < -0.39 is 11.7 Å². The highest BCUT2D eigenvalue weighted by Gasteiger charge is 2.30. The Hall–Kier alpha value is -2.29. The summed E-state index contributed by atoms with van der Waals surface area (Å²) in [6.45, 7) is 2.32. The fraction of sp³-hybridized carbons (Fsp3) is 0.429. The standard InChI is InChI=1S/C14H18F3N5O/c15-14(16,17)11-3-1-2-10(8-11)9-20-12(18)21-13(19)22-4-6-23-7-5-22/h1-3,8H,4-7,9H2,(H4,18,19,20,21). The molecule has 0 radical (unpaired) electrons. The maximum atomic E-state index is 12.6. The van der Waals surface area contributed by atoms with Gasteiger partial charge in [-0.1, -0.05) is 12.1 Å². The van der Waals surface area contributed by atoms with Gasteiger partial charge in [0.1, 0.15) is 0 Å². The SMILES string of the molecule is NC(=NCc1cccc(C(F)(F)F)c1)/N=C(\N)N1CCOCC1. The lowest BCUT2D eigenvalue weighted by atomic mass is 10.1. The van der Waals surface area contributed by atoms with Gasteiger partial charge in [-0.15, -0.1) is 0 Å². The van der Waals surface area contributed by atoms with E-state index in [0.717, 1.165) is 12.1 Å². The molecule has 1 heterocycles. The zero-order valence-corrected chi connectivity index (χ0v) is 12.4. The van der Waals surface area contributed by atoms with Crippen LogP contribution in [0.1, 0.15) is 11.1 Å². The summed E-state index contributed by atoms with van der Waals surface area (Å²) in [5.74, 6) is 0.144. The number of halogens is 3. The van der Waals surface area contributed by atoms with Crippen LogP contribution in [-0.4, -0.2) is 43.1 Å². The van der Waals surface area contributed by atoms with Gasteiger partial charge in [-0.05, 0) is 17.7 Å². The largest absolute Gasteiger partial charge is 0.416 e. The zero-order chi connectivity index (χ0) is 16.9. The quantitative estimate of drug-likeness (QED) is 0.629. The molecule has 0 bridgehead atoms. The van der Waals surface area contributed by atoms with Crippen molar-refractivity contribution in [1.82, 2.24) is 4.90 Å². The molecule has 0 saturated carbocycles. The molecule has 0 aromatic heterocycles. The third kappa shape index (κ3) is 5.13. The molecular weight excluding hydrogens is 311 g/mol. The highest BCUT2D eigenvalue weighted by molar-refractivity contribution is 5.93. The van der Waals surface area contributed by atoms with Crippen molar-refractivity contribution in [2.45, 2.75) is 12.7 Å². The topological polar surface area (TPSA) is 89.2 Å². The van der Waals surface area contributed by atoms with Crippen molar-refractivity contribution in [3.8, 4) is 0 Å². The van der Waals surface area contributed by atoms with Gasteiger partial charge in [0.05, 0.1) is 25.3 Å². The number of ether oxygens (including phenoxy) is 1. The minimum atomic E-state index is -4.38. The molecule has 0 atom stereocenters. The third-order valence-electron chi connectivity index (χ3n) is 3.24. The second-order valence-corrected chi connectivity index (χ2v) is 4.94. The number of guanidine groups is 2. The molecule has 1 aliphatic heterocycles. The van der Waals surface area contributed by atoms with E-state index in [-0.39, 0.29) is 18.5 Å². The molecule has 9 heteroatoms. The lowest BCUT2D eigenvalue weighted by molar-refractivity contribution is -0.137. The Morgan fingerprint density at radius 1 is 1.22 bits per heavy atom. The summed E-state index contributed by atoms with van der Waals surface area (Å²) in [5, 5.41) is 0. The number of hydrogen-bond donors (Lipinski definition) is 2. The molecule has 1 fully saturated rings.